The topological polar surface area (TPSA) is 101 Å². The predicted molar refractivity (Wildman–Crippen MR) is 137 cm³/mol. The van der Waals surface area contributed by atoms with Crippen molar-refractivity contribution in [1.82, 2.24) is 10.3 Å². The van der Waals surface area contributed by atoms with E-state index >= 15 is 0 Å². The highest BCUT2D eigenvalue weighted by Crippen LogP contribution is 2.34. The molecular formula is C26H26N4O4S. The van der Waals surface area contributed by atoms with Crippen molar-refractivity contribution in [1.29, 1.82) is 0 Å². The van der Waals surface area contributed by atoms with Crippen molar-refractivity contribution in [2.24, 2.45) is 0 Å². The third-order valence-corrected chi connectivity index (χ3v) is 7.25. The fourth-order valence-corrected chi connectivity index (χ4v) is 4.98. The van der Waals surface area contributed by atoms with Crippen molar-refractivity contribution in [3.05, 3.63) is 71.9 Å². The number of aldehydes is 1. The Labute approximate surface area is 204 Å². The first-order valence-corrected chi connectivity index (χ1v) is 13.2. The van der Waals surface area contributed by atoms with Crippen molar-refractivity contribution in [3.63, 3.8) is 0 Å². The average Bonchev–Trinajstić information content (AvgIpc) is 2.88. The van der Waals surface area contributed by atoms with E-state index in [2.05, 4.69) is 27.7 Å². The van der Waals surface area contributed by atoms with Crippen LogP contribution in [0.15, 0.2) is 65.7 Å². The number of sulfone groups is 1. The second-order valence-electron chi connectivity index (χ2n) is 8.54. The van der Waals surface area contributed by atoms with Crippen LogP contribution in [0.4, 0.5) is 17.2 Å². The van der Waals surface area contributed by atoms with Crippen LogP contribution in [0, 0.1) is 0 Å². The predicted octanol–water partition coefficient (Wildman–Crippen LogP) is 3.55. The Bertz CT molecular complexity index is 1380. The van der Waals surface area contributed by atoms with E-state index in [4.69, 9.17) is 9.72 Å². The Morgan fingerprint density at radius 3 is 2.60 bits per heavy atom. The number of nitrogens with one attached hydrogen (secondary N) is 2. The van der Waals surface area contributed by atoms with Crippen LogP contribution in [-0.4, -0.2) is 52.2 Å². The molecule has 0 saturated carbocycles. The molecule has 2 aliphatic heterocycles. The van der Waals surface area contributed by atoms with Crippen LogP contribution in [0.25, 0.3) is 17.3 Å². The number of benzene rings is 2. The monoisotopic (exact) mass is 490 g/mol. The van der Waals surface area contributed by atoms with Gasteiger partial charge in [-0.2, -0.15) is 0 Å². The molecule has 5 rings (SSSR count). The molecular weight excluding hydrogens is 464 g/mol. The number of hydrogen-bond acceptors (Lipinski definition) is 8. The van der Waals surface area contributed by atoms with Crippen molar-refractivity contribution in [2.45, 2.75) is 10.9 Å². The fraction of sp³-hybridized carbons (Fsp3) is 0.231. The summed E-state index contributed by atoms with van der Waals surface area (Å²) in [6, 6.07) is 16.1. The van der Waals surface area contributed by atoms with Crippen molar-refractivity contribution in [3.8, 4) is 11.3 Å². The molecule has 2 N–H and O–H groups in total. The smallest absolute Gasteiger partial charge is 0.175 e. The molecule has 0 aliphatic carbocycles. The summed E-state index contributed by atoms with van der Waals surface area (Å²) in [5.41, 5.74) is 4.81. The Morgan fingerprint density at radius 1 is 1.11 bits per heavy atom. The Hall–Kier alpha value is -3.69. The maximum Gasteiger partial charge on any atom is 0.175 e. The lowest BCUT2D eigenvalue weighted by Crippen LogP contribution is -2.36. The minimum absolute atomic E-state index is 0.228. The third-order valence-electron chi connectivity index (χ3n) is 6.14. The van der Waals surface area contributed by atoms with Gasteiger partial charge in [-0.1, -0.05) is 12.1 Å². The summed E-state index contributed by atoms with van der Waals surface area (Å²) < 4.78 is 29.6. The van der Waals surface area contributed by atoms with E-state index in [9.17, 15) is 13.2 Å². The van der Waals surface area contributed by atoms with Crippen molar-refractivity contribution >= 4 is 39.4 Å². The first kappa shape index (κ1) is 23.1. The van der Waals surface area contributed by atoms with E-state index in [1.165, 1.54) is 6.26 Å². The molecule has 0 bridgehead atoms. The first-order valence-electron chi connectivity index (χ1n) is 11.4. The van der Waals surface area contributed by atoms with E-state index in [-0.39, 0.29) is 4.90 Å². The molecule has 1 aromatic heterocycles. The highest BCUT2D eigenvalue weighted by molar-refractivity contribution is 7.90. The van der Waals surface area contributed by atoms with Crippen LogP contribution in [0.5, 0.6) is 0 Å². The van der Waals surface area contributed by atoms with Crippen LogP contribution in [-0.2, 0) is 19.4 Å². The summed E-state index contributed by atoms with van der Waals surface area (Å²) in [4.78, 5) is 19.1. The van der Waals surface area contributed by atoms with Crippen LogP contribution in [0.1, 0.15) is 17.2 Å². The molecule has 0 radical (unpaired) electrons. The van der Waals surface area contributed by atoms with Crippen LogP contribution >= 0.6 is 0 Å². The molecule has 8 nitrogen and oxygen atoms in total. The number of nitrogens with zero attached hydrogens (tertiary/aromatic N) is 2. The van der Waals surface area contributed by atoms with Gasteiger partial charge in [-0.25, -0.2) is 13.4 Å². The molecule has 3 heterocycles. The lowest BCUT2D eigenvalue weighted by atomic mass is 9.97. The highest BCUT2D eigenvalue weighted by atomic mass is 32.2. The van der Waals surface area contributed by atoms with E-state index in [0.29, 0.717) is 17.1 Å². The molecule has 3 aromatic rings. The SMILES string of the molecule is CS(=O)(=O)c1cccc(-c2cc3c(c(Nc4ccc(N5CCOCC5)cc4)n2)C(C=O)NC=C3)c1. The normalized spacial score (nSPS) is 17.4. The molecule has 180 valence electrons. The number of carbonyl (C=O) groups is 1. The average molecular weight is 491 g/mol. The number of anilines is 3. The molecule has 35 heavy (non-hydrogen) atoms. The molecule has 1 saturated heterocycles. The van der Waals surface area contributed by atoms with Gasteiger partial charge in [0.1, 0.15) is 18.1 Å². The first-order chi connectivity index (χ1) is 16.9. The Balaban J connectivity index is 1.53. The number of carbonyl (C=O) groups excluding carboxylic acids is 1. The summed E-state index contributed by atoms with van der Waals surface area (Å²) in [5.74, 6) is 0.537. The number of ether oxygens (including phenoxy) is 1. The second-order valence-corrected chi connectivity index (χ2v) is 10.6. The number of morpholine rings is 1. The van der Waals surface area contributed by atoms with Gasteiger partial charge in [0.2, 0.25) is 0 Å². The number of aromatic nitrogens is 1. The lowest BCUT2D eigenvalue weighted by Gasteiger charge is -2.29. The highest BCUT2D eigenvalue weighted by Gasteiger charge is 2.23. The Kier molecular flexibility index (Phi) is 6.27. The molecule has 0 amide bonds. The second kappa shape index (κ2) is 9.52. The fourth-order valence-electron chi connectivity index (χ4n) is 4.31. The van der Waals surface area contributed by atoms with Crippen LogP contribution in [0.3, 0.4) is 0 Å². The van der Waals surface area contributed by atoms with E-state index in [0.717, 1.165) is 55.1 Å². The van der Waals surface area contributed by atoms with Gasteiger partial charge in [0, 0.05) is 41.8 Å². The van der Waals surface area contributed by atoms with Gasteiger partial charge in [0.25, 0.3) is 0 Å². The molecule has 2 aromatic carbocycles. The Morgan fingerprint density at radius 2 is 1.89 bits per heavy atom. The lowest BCUT2D eigenvalue weighted by molar-refractivity contribution is -0.109. The molecule has 1 atom stereocenters. The van der Waals surface area contributed by atoms with Gasteiger partial charge in [-0.05, 0) is 60.3 Å². The third kappa shape index (κ3) is 4.91. The maximum absolute atomic E-state index is 12.1. The summed E-state index contributed by atoms with van der Waals surface area (Å²) in [6.45, 7) is 3.15. The van der Waals surface area contributed by atoms with Gasteiger partial charge >= 0.3 is 0 Å². The largest absolute Gasteiger partial charge is 0.378 e. The van der Waals surface area contributed by atoms with Gasteiger partial charge in [0.15, 0.2) is 9.84 Å². The van der Waals surface area contributed by atoms with Crippen LogP contribution in [0.2, 0.25) is 0 Å². The van der Waals surface area contributed by atoms with Gasteiger partial charge in [0.05, 0.1) is 23.8 Å². The zero-order valence-corrected chi connectivity index (χ0v) is 20.1. The summed E-state index contributed by atoms with van der Waals surface area (Å²) >= 11 is 0. The summed E-state index contributed by atoms with van der Waals surface area (Å²) in [5, 5.41) is 6.44. The summed E-state index contributed by atoms with van der Waals surface area (Å²) in [6.07, 6.45) is 5.65. The standard InChI is InChI=1S/C26H26N4O4S/c1-35(32,33)22-4-2-3-18(15-22)23-16-19-9-10-27-24(17-31)25(19)26(29-23)28-20-5-7-21(8-6-20)30-11-13-34-14-12-30/h2-10,15-17,24,27H,11-14H2,1H3,(H,28,29). The molecule has 2 aliphatic rings. The quantitative estimate of drug-likeness (QED) is 0.506. The number of pyridine rings is 1. The minimum atomic E-state index is -3.36. The maximum atomic E-state index is 12.1. The van der Waals surface area contributed by atoms with E-state index in [1.807, 2.05) is 30.3 Å². The zero-order chi connectivity index (χ0) is 24.4. The summed E-state index contributed by atoms with van der Waals surface area (Å²) in [7, 11) is -3.36. The molecule has 9 heteroatoms. The number of hydrogen-bond donors (Lipinski definition) is 2. The minimum Gasteiger partial charge on any atom is -0.378 e. The molecule has 1 fully saturated rings. The molecule has 1 unspecified atom stereocenters. The molecule has 0 spiro atoms. The van der Waals surface area contributed by atoms with E-state index in [1.54, 1.807) is 24.4 Å². The van der Waals surface area contributed by atoms with Gasteiger partial charge < -0.3 is 25.1 Å². The number of fused-ring (bicyclic) bond motifs is 1. The number of rotatable bonds is 6. The van der Waals surface area contributed by atoms with Gasteiger partial charge in [-0.3, -0.25) is 0 Å². The van der Waals surface area contributed by atoms with Gasteiger partial charge in [-0.15, -0.1) is 0 Å². The zero-order valence-electron chi connectivity index (χ0n) is 19.3. The van der Waals surface area contributed by atoms with Crippen molar-refractivity contribution < 1.29 is 17.9 Å². The van der Waals surface area contributed by atoms with Crippen LogP contribution < -0.4 is 15.5 Å². The van der Waals surface area contributed by atoms with E-state index < -0.39 is 15.9 Å². The van der Waals surface area contributed by atoms with Crippen molar-refractivity contribution in [2.75, 3.05) is 42.8 Å².